The number of ether oxygens (including phenoxy) is 1. The SMILES string of the molecule is COC(=O)CCNc1nc(C2CC2)nc(Cl)c1C. The van der Waals surface area contributed by atoms with Gasteiger partial charge in [-0.1, -0.05) is 11.6 Å². The minimum Gasteiger partial charge on any atom is -0.469 e. The van der Waals surface area contributed by atoms with Crippen molar-refractivity contribution in [2.24, 2.45) is 0 Å². The summed E-state index contributed by atoms with van der Waals surface area (Å²) in [6.07, 6.45) is 2.55. The van der Waals surface area contributed by atoms with Gasteiger partial charge in [0, 0.05) is 18.0 Å². The predicted octanol–water partition coefficient (Wildman–Crippen LogP) is 2.29. The van der Waals surface area contributed by atoms with Crippen molar-refractivity contribution >= 4 is 23.4 Å². The van der Waals surface area contributed by atoms with E-state index in [1.165, 1.54) is 7.11 Å². The molecule has 0 amide bonds. The highest BCUT2D eigenvalue weighted by Gasteiger charge is 2.27. The average molecular weight is 270 g/mol. The van der Waals surface area contributed by atoms with Crippen LogP contribution in [0.3, 0.4) is 0 Å². The van der Waals surface area contributed by atoms with Crippen molar-refractivity contribution in [2.45, 2.75) is 32.1 Å². The number of carbonyl (C=O) groups is 1. The second-order valence-electron chi connectivity index (χ2n) is 4.37. The summed E-state index contributed by atoms with van der Waals surface area (Å²) < 4.78 is 4.58. The van der Waals surface area contributed by atoms with E-state index in [-0.39, 0.29) is 5.97 Å². The lowest BCUT2D eigenvalue weighted by atomic mass is 10.3. The Labute approximate surface area is 111 Å². The fourth-order valence-corrected chi connectivity index (χ4v) is 1.76. The molecule has 0 aliphatic heterocycles. The lowest BCUT2D eigenvalue weighted by Gasteiger charge is -2.10. The van der Waals surface area contributed by atoms with Crippen molar-refractivity contribution in [3.8, 4) is 0 Å². The van der Waals surface area contributed by atoms with Gasteiger partial charge in [0.15, 0.2) is 0 Å². The minimum atomic E-state index is -0.247. The largest absolute Gasteiger partial charge is 0.469 e. The minimum absolute atomic E-state index is 0.247. The van der Waals surface area contributed by atoms with Gasteiger partial charge in [0.2, 0.25) is 0 Å². The molecule has 0 aromatic carbocycles. The van der Waals surface area contributed by atoms with Gasteiger partial charge in [-0.05, 0) is 19.8 Å². The zero-order valence-electron chi connectivity index (χ0n) is 10.5. The van der Waals surface area contributed by atoms with Crippen LogP contribution in [0, 0.1) is 6.92 Å². The third-order valence-electron chi connectivity index (χ3n) is 2.90. The first-order valence-electron chi connectivity index (χ1n) is 5.96. The van der Waals surface area contributed by atoms with Gasteiger partial charge in [-0.2, -0.15) is 0 Å². The second kappa shape index (κ2) is 5.52. The lowest BCUT2D eigenvalue weighted by Crippen LogP contribution is -2.12. The lowest BCUT2D eigenvalue weighted by molar-refractivity contribution is -0.140. The average Bonchev–Trinajstić information content (AvgIpc) is 3.18. The Bertz CT molecular complexity index is 461. The summed E-state index contributed by atoms with van der Waals surface area (Å²) in [6, 6.07) is 0. The van der Waals surface area contributed by atoms with Crippen LogP contribution in [0.4, 0.5) is 5.82 Å². The Hall–Kier alpha value is -1.36. The van der Waals surface area contributed by atoms with Crippen molar-refractivity contribution in [1.29, 1.82) is 0 Å². The van der Waals surface area contributed by atoms with E-state index in [0.29, 0.717) is 29.9 Å². The van der Waals surface area contributed by atoms with Crippen molar-refractivity contribution in [2.75, 3.05) is 19.0 Å². The van der Waals surface area contributed by atoms with Gasteiger partial charge in [0.1, 0.15) is 16.8 Å². The molecule has 18 heavy (non-hydrogen) atoms. The van der Waals surface area contributed by atoms with Gasteiger partial charge in [-0.25, -0.2) is 9.97 Å². The van der Waals surface area contributed by atoms with E-state index in [1.807, 2.05) is 6.92 Å². The van der Waals surface area contributed by atoms with Gasteiger partial charge < -0.3 is 10.1 Å². The maximum absolute atomic E-state index is 11.0. The highest BCUT2D eigenvalue weighted by molar-refractivity contribution is 6.30. The smallest absolute Gasteiger partial charge is 0.307 e. The number of esters is 1. The van der Waals surface area contributed by atoms with E-state index in [0.717, 1.165) is 24.2 Å². The van der Waals surface area contributed by atoms with Crippen LogP contribution in [0.5, 0.6) is 0 Å². The first-order chi connectivity index (χ1) is 8.61. The van der Waals surface area contributed by atoms with Gasteiger partial charge in [0.05, 0.1) is 13.5 Å². The summed E-state index contributed by atoms with van der Waals surface area (Å²) in [5, 5.41) is 3.58. The molecule has 2 rings (SSSR count). The van der Waals surface area contributed by atoms with Crippen LogP contribution in [0.1, 0.15) is 36.6 Å². The quantitative estimate of drug-likeness (QED) is 0.656. The first-order valence-corrected chi connectivity index (χ1v) is 6.34. The summed E-state index contributed by atoms with van der Waals surface area (Å²) in [6.45, 7) is 2.34. The molecule has 1 N–H and O–H groups in total. The Morgan fingerprint density at radius 1 is 1.50 bits per heavy atom. The maximum Gasteiger partial charge on any atom is 0.307 e. The zero-order valence-corrected chi connectivity index (χ0v) is 11.3. The van der Waals surface area contributed by atoms with Gasteiger partial charge in [0.25, 0.3) is 0 Å². The molecule has 1 aromatic heterocycles. The van der Waals surface area contributed by atoms with Crippen LogP contribution in [-0.2, 0) is 9.53 Å². The number of hydrogen-bond acceptors (Lipinski definition) is 5. The Morgan fingerprint density at radius 3 is 2.83 bits per heavy atom. The molecule has 0 bridgehead atoms. The van der Waals surface area contributed by atoms with Crippen LogP contribution in [0.25, 0.3) is 0 Å². The van der Waals surface area contributed by atoms with Crippen LogP contribution in [-0.4, -0.2) is 29.6 Å². The molecule has 0 unspecified atom stereocenters. The summed E-state index contributed by atoms with van der Waals surface area (Å²) in [4.78, 5) is 19.8. The number of nitrogens with zero attached hydrogens (tertiary/aromatic N) is 2. The van der Waals surface area contributed by atoms with Crippen molar-refractivity contribution in [3.05, 3.63) is 16.5 Å². The maximum atomic E-state index is 11.0. The van der Waals surface area contributed by atoms with Gasteiger partial charge in [-0.3, -0.25) is 4.79 Å². The number of rotatable bonds is 5. The first kappa shape index (κ1) is 13.1. The second-order valence-corrected chi connectivity index (χ2v) is 4.73. The van der Waals surface area contributed by atoms with E-state index in [2.05, 4.69) is 20.0 Å². The normalized spacial score (nSPS) is 14.4. The van der Waals surface area contributed by atoms with Crippen molar-refractivity contribution in [3.63, 3.8) is 0 Å². The van der Waals surface area contributed by atoms with E-state index >= 15 is 0 Å². The van der Waals surface area contributed by atoms with Crippen molar-refractivity contribution < 1.29 is 9.53 Å². The third-order valence-corrected chi connectivity index (χ3v) is 3.26. The summed E-state index contributed by atoms with van der Waals surface area (Å²) >= 11 is 6.08. The molecule has 0 atom stereocenters. The number of hydrogen-bond donors (Lipinski definition) is 1. The predicted molar refractivity (Wildman–Crippen MR) is 68.9 cm³/mol. The number of nitrogens with one attached hydrogen (secondary N) is 1. The topological polar surface area (TPSA) is 64.1 Å². The molecule has 98 valence electrons. The molecule has 6 heteroatoms. The van der Waals surface area contributed by atoms with Crippen molar-refractivity contribution in [1.82, 2.24) is 9.97 Å². The molecule has 1 saturated carbocycles. The van der Waals surface area contributed by atoms with E-state index in [9.17, 15) is 4.79 Å². The van der Waals surface area contributed by atoms with Crippen LogP contribution in [0.2, 0.25) is 5.15 Å². The third kappa shape index (κ3) is 3.10. The highest BCUT2D eigenvalue weighted by Crippen LogP contribution is 2.39. The molecular formula is C12H16ClN3O2. The Morgan fingerprint density at radius 2 is 2.22 bits per heavy atom. The molecule has 1 heterocycles. The Balaban J connectivity index is 2.04. The summed E-state index contributed by atoms with van der Waals surface area (Å²) in [5.41, 5.74) is 0.811. The number of methoxy groups -OCH3 is 1. The summed E-state index contributed by atoms with van der Waals surface area (Å²) in [7, 11) is 1.38. The zero-order chi connectivity index (χ0) is 13.1. The standard InChI is InChI=1S/C12H16ClN3O2/c1-7-10(13)15-12(8-3-4-8)16-11(7)14-6-5-9(17)18-2/h8H,3-6H2,1-2H3,(H,14,15,16). The van der Waals surface area contributed by atoms with Crippen LogP contribution >= 0.6 is 11.6 Å². The van der Waals surface area contributed by atoms with E-state index in [1.54, 1.807) is 0 Å². The monoisotopic (exact) mass is 269 g/mol. The van der Waals surface area contributed by atoms with Crippen LogP contribution < -0.4 is 5.32 Å². The molecule has 1 fully saturated rings. The molecule has 5 nitrogen and oxygen atoms in total. The number of anilines is 1. The molecular weight excluding hydrogens is 254 g/mol. The van der Waals surface area contributed by atoms with E-state index < -0.39 is 0 Å². The molecule has 0 spiro atoms. The fraction of sp³-hybridized carbons (Fsp3) is 0.583. The summed E-state index contributed by atoms with van der Waals surface area (Å²) in [5.74, 6) is 1.71. The number of carbonyl (C=O) groups excluding carboxylic acids is 1. The molecule has 0 radical (unpaired) electrons. The van der Waals surface area contributed by atoms with Crippen LogP contribution in [0.15, 0.2) is 0 Å². The molecule has 1 aliphatic rings. The Kier molecular flexibility index (Phi) is 4.01. The highest BCUT2D eigenvalue weighted by atomic mass is 35.5. The fourth-order valence-electron chi connectivity index (χ4n) is 1.59. The molecule has 0 saturated heterocycles. The molecule has 1 aromatic rings. The van der Waals surface area contributed by atoms with Gasteiger partial charge in [-0.15, -0.1) is 0 Å². The number of aromatic nitrogens is 2. The molecule has 1 aliphatic carbocycles. The number of halogens is 1. The van der Waals surface area contributed by atoms with Gasteiger partial charge >= 0.3 is 5.97 Å². The van der Waals surface area contributed by atoms with E-state index in [4.69, 9.17) is 11.6 Å².